The van der Waals surface area contributed by atoms with Gasteiger partial charge < -0.3 is 14.8 Å². The van der Waals surface area contributed by atoms with Crippen LogP contribution < -0.4 is 5.90 Å². The highest BCUT2D eigenvalue weighted by atomic mass is 16.6. The molecule has 0 aliphatic carbocycles. The third-order valence-electron chi connectivity index (χ3n) is 4.19. The molecule has 1 aromatic rings. The van der Waals surface area contributed by atoms with Crippen LogP contribution in [0.1, 0.15) is 37.9 Å². The summed E-state index contributed by atoms with van der Waals surface area (Å²) in [6.45, 7) is 3.58. The van der Waals surface area contributed by atoms with Crippen LogP contribution in [0.25, 0.3) is 0 Å². The van der Waals surface area contributed by atoms with Gasteiger partial charge in [-0.15, -0.1) is 0 Å². The highest BCUT2D eigenvalue weighted by Gasteiger charge is 2.21. The standard InChI is InChI=1S/C17H25N3O3/c1-13(21)20-10-6-5-7-14(12-20)11-19-17(23-18)16(22)15-8-3-2-4-9-15/h2-4,8-9,14,16,22H,5-7,10-12,18H2,1H3/t14-,16+/m1/s1. The van der Waals surface area contributed by atoms with Crippen LogP contribution in [0.5, 0.6) is 0 Å². The minimum absolute atomic E-state index is 0.0977. The molecule has 6 nitrogen and oxygen atoms in total. The van der Waals surface area contributed by atoms with E-state index in [4.69, 9.17) is 10.7 Å². The SMILES string of the molecule is CC(=O)N1CCCC[C@H](CN=C(ON)[C@@H](O)c2ccccc2)C1. The van der Waals surface area contributed by atoms with E-state index in [9.17, 15) is 9.90 Å². The van der Waals surface area contributed by atoms with Crippen molar-refractivity contribution in [3.63, 3.8) is 0 Å². The van der Waals surface area contributed by atoms with Gasteiger partial charge in [0, 0.05) is 26.6 Å². The highest BCUT2D eigenvalue weighted by Crippen LogP contribution is 2.19. The number of amides is 1. The molecule has 1 aromatic carbocycles. The number of carbonyl (C=O) groups excluding carboxylic acids is 1. The zero-order valence-corrected chi connectivity index (χ0v) is 13.5. The van der Waals surface area contributed by atoms with Crippen LogP contribution in [-0.4, -0.2) is 41.4 Å². The summed E-state index contributed by atoms with van der Waals surface area (Å²) in [5, 5.41) is 10.3. The average molecular weight is 319 g/mol. The number of rotatable bonds is 4. The first kappa shape index (κ1) is 17.4. The normalized spacial score (nSPS) is 20.7. The maximum absolute atomic E-state index is 11.6. The molecule has 1 aliphatic heterocycles. The second-order valence-corrected chi connectivity index (χ2v) is 5.94. The molecular formula is C17H25N3O3. The number of benzene rings is 1. The Hall–Kier alpha value is -1.92. The van der Waals surface area contributed by atoms with E-state index in [0.29, 0.717) is 18.7 Å². The quantitative estimate of drug-likeness (QED) is 0.502. The lowest BCUT2D eigenvalue weighted by Gasteiger charge is -2.22. The van der Waals surface area contributed by atoms with Crippen LogP contribution in [-0.2, 0) is 9.63 Å². The van der Waals surface area contributed by atoms with Crippen molar-refractivity contribution in [1.82, 2.24) is 4.90 Å². The molecule has 2 rings (SSSR count). The van der Waals surface area contributed by atoms with E-state index >= 15 is 0 Å². The van der Waals surface area contributed by atoms with Gasteiger partial charge >= 0.3 is 0 Å². The summed E-state index contributed by atoms with van der Waals surface area (Å²) in [6, 6.07) is 9.13. The largest absolute Gasteiger partial charge is 0.393 e. The fraction of sp³-hybridized carbons (Fsp3) is 0.529. The fourth-order valence-electron chi connectivity index (χ4n) is 2.85. The maximum atomic E-state index is 11.6. The van der Waals surface area contributed by atoms with Crippen LogP contribution in [0.2, 0.25) is 0 Å². The van der Waals surface area contributed by atoms with Crippen LogP contribution in [0.4, 0.5) is 0 Å². The molecule has 1 aliphatic rings. The predicted molar refractivity (Wildman–Crippen MR) is 88.6 cm³/mol. The fourth-order valence-corrected chi connectivity index (χ4v) is 2.85. The van der Waals surface area contributed by atoms with Crippen molar-refractivity contribution in [2.75, 3.05) is 19.6 Å². The number of nitrogens with zero attached hydrogens (tertiary/aromatic N) is 2. The van der Waals surface area contributed by atoms with Crippen LogP contribution in [0, 0.1) is 5.92 Å². The summed E-state index contributed by atoms with van der Waals surface area (Å²) >= 11 is 0. The Morgan fingerprint density at radius 3 is 2.83 bits per heavy atom. The third-order valence-corrected chi connectivity index (χ3v) is 4.19. The second kappa shape index (κ2) is 8.64. The summed E-state index contributed by atoms with van der Waals surface area (Å²) in [7, 11) is 0. The van der Waals surface area contributed by atoms with Gasteiger partial charge in [0.15, 0.2) is 6.10 Å². The highest BCUT2D eigenvalue weighted by molar-refractivity contribution is 5.81. The number of aliphatic imine (C=N–C) groups is 1. The van der Waals surface area contributed by atoms with E-state index in [1.807, 2.05) is 23.1 Å². The summed E-state index contributed by atoms with van der Waals surface area (Å²) in [4.78, 5) is 22.6. The maximum Gasteiger partial charge on any atom is 0.242 e. The lowest BCUT2D eigenvalue weighted by molar-refractivity contribution is -0.129. The molecule has 1 saturated heterocycles. The minimum atomic E-state index is -0.976. The predicted octanol–water partition coefficient (Wildman–Crippen LogP) is 1.66. The van der Waals surface area contributed by atoms with Crippen LogP contribution >= 0.6 is 0 Å². The number of likely N-dealkylation sites (tertiary alicyclic amines) is 1. The number of aliphatic hydroxyl groups excluding tert-OH is 1. The molecule has 0 spiro atoms. The first-order valence-electron chi connectivity index (χ1n) is 8.01. The topological polar surface area (TPSA) is 88.2 Å². The molecule has 6 heteroatoms. The lowest BCUT2D eigenvalue weighted by Crippen LogP contribution is -2.33. The van der Waals surface area contributed by atoms with Crippen molar-refractivity contribution in [3.8, 4) is 0 Å². The van der Waals surface area contributed by atoms with E-state index < -0.39 is 6.10 Å². The van der Waals surface area contributed by atoms with E-state index in [-0.39, 0.29) is 17.7 Å². The molecule has 126 valence electrons. The number of carbonyl (C=O) groups is 1. The van der Waals surface area contributed by atoms with Gasteiger partial charge in [-0.3, -0.25) is 9.79 Å². The molecule has 0 radical (unpaired) electrons. The van der Waals surface area contributed by atoms with E-state index in [2.05, 4.69) is 4.99 Å². The molecule has 0 unspecified atom stereocenters. The first-order chi connectivity index (χ1) is 11.1. The number of hydrogen-bond donors (Lipinski definition) is 2. The van der Waals surface area contributed by atoms with Crippen molar-refractivity contribution < 1.29 is 14.7 Å². The summed E-state index contributed by atoms with van der Waals surface area (Å²) in [6.07, 6.45) is 2.12. The Labute approximate surface area is 136 Å². The lowest BCUT2D eigenvalue weighted by atomic mass is 10.0. The van der Waals surface area contributed by atoms with Gasteiger partial charge in [-0.1, -0.05) is 36.8 Å². The summed E-state index contributed by atoms with van der Waals surface area (Å²) in [5.41, 5.74) is 0.683. The van der Waals surface area contributed by atoms with Gasteiger partial charge in [0.05, 0.1) is 0 Å². The molecule has 0 saturated carbocycles. The van der Waals surface area contributed by atoms with E-state index in [1.54, 1.807) is 19.1 Å². The van der Waals surface area contributed by atoms with Gasteiger partial charge in [-0.2, -0.15) is 5.90 Å². The average Bonchev–Trinajstić information content (AvgIpc) is 2.82. The van der Waals surface area contributed by atoms with Gasteiger partial charge in [0.1, 0.15) is 0 Å². The van der Waals surface area contributed by atoms with Gasteiger partial charge in [-0.25, -0.2) is 0 Å². The third kappa shape index (κ3) is 5.04. The van der Waals surface area contributed by atoms with Crippen molar-refractivity contribution in [1.29, 1.82) is 0 Å². The van der Waals surface area contributed by atoms with Gasteiger partial charge in [0.25, 0.3) is 0 Å². The Kier molecular flexibility index (Phi) is 6.55. The van der Waals surface area contributed by atoms with Crippen molar-refractivity contribution in [2.45, 2.75) is 32.3 Å². The molecule has 1 amide bonds. The van der Waals surface area contributed by atoms with Crippen molar-refractivity contribution in [3.05, 3.63) is 35.9 Å². The summed E-state index contributed by atoms with van der Waals surface area (Å²) < 4.78 is 0. The monoisotopic (exact) mass is 319 g/mol. The molecule has 0 bridgehead atoms. The Morgan fingerprint density at radius 1 is 1.43 bits per heavy atom. The van der Waals surface area contributed by atoms with Crippen LogP contribution in [0.3, 0.4) is 0 Å². The van der Waals surface area contributed by atoms with Crippen LogP contribution in [0.15, 0.2) is 35.3 Å². The Bertz CT molecular complexity index is 533. The number of nitrogens with two attached hydrogens (primary N) is 1. The Balaban J connectivity index is 2.02. The number of aliphatic hydroxyl groups is 1. The van der Waals surface area contributed by atoms with Gasteiger partial charge in [-0.05, 0) is 24.3 Å². The molecule has 2 atom stereocenters. The summed E-state index contributed by atoms with van der Waals surface area (Å²) in [5.74, 6) is 5.74. The van der Waals surface area contributed by atoms with Crippen molar-refractivity contribution >= 4 is 11.8 Å². The number of hydrogen-bond acceptors (Lipinski definition) is 5. The smallest absolute Gasteiger partial charge is 0.242 e. The second-order valence-electron chi connectivity index (χ2n) is 5.94. The molecule has 1 heterocycles. The van der Waals surface area contributed by atoms with E-state index in [1.165, 1.54) is 0 Å². The van der Waals surface area contributed by atoms with E-state index in [0.717, 1.165) is 25.8 Å². The zero-order valence-electron chi connectivity index (χ0n) is 13.5. The molecular weight excluding hydrogens is 294 g/mol. The molecule has 3 N–H and O–H groups in total. The molecule has 0 aromatic heterocycles. The zero-order chi connectivity index (χ0) is 16.7. The molecule has 1 fully saturated rings. The Morgan fingerprint density at radius 2 is 2.17 bits per heavy atom. The minimum Gasteiger partial charge on any atom is -0.393 e. The molecule has 23 heavy (non-hydrogen) atoms. The first-order valence-corrected chi connectivity index (χ1v) is 8.01. The van der Waals surface area contributed by atoms with Gasteiger partial charge in [0.2, 0.25) is 11.8 Å². The van der Waals surface area contributed by atoms with Crippen molar-refractivity contribution in [2.24, 2.45) is 16.8 Å².